The van der Waals surface area contributed by atoms with E-state index in [1.807, 2.05) is 23.5 Å². The Morgan fingerprint density at radius 1 is 0.889 bits per heavy atom. The Kier molecular flexibility index (Phi) is 11.6. The van der Waals surface area contributed by atoms with E-state index in [9.17, 15) is 0 Å². The molecule has 2 aromatic carbocycles. The maximum atomic E-state index is 6.64. The second kappa shape index (κ2) is 13.7. The molecule has 5 heteroatoms. The summed E-state index contributed by atoms with van der Waals surface area (Å²) in [6, 6.07) is 22.5. The average molecular weight is 439 g/mol. The first-order valence-corrected chi connectivity index (χ1v) is 13.9. The lowest BCUT2D eigenvalue weighted by Crippen LogP contribution is -2.27. The number of benzene rings is 2. The Morgan fingerprint density at radius 2 is 1.44 bits per heavy atom. The number of hydrogen-bond donors (Lipinski definition) is 0. The van der Waals surface area contributed by atoms with E-state index in [4.69, 9.17) is 16.0 Å². The SMILES string of the molecule is CCCCCC(O[SiH2]CCCl)(SCc1ccccc1)SCc1ccccc1. The molecule has 1 nitrogen and oxygen atoms in total. The Morgan fingerprint density at radius 3 is 1.93 bits per heavy atom. The van der Waals surface area contributed by atoms with Gasteiger partial charge in [-0.05, 0) is 30.0 Å². The summed E-state index contributed by atoms with van der Waals surface area (Å²) in [7, 11) is -0.601. The van der Waals surface area contributed by atoms with Crippen LogP contribution in [0.15, 0.2) is 60.7 Å². The van der Waals surface area contributed by atoms with Gasteiger partial charge >= 0.3 is 0 Å². The summed E-state index contributed by atoms with van der Waals surface area (Å²) in [6.07, 6.45) is 4.82. The van der Waals surface area contributed by atoms with Crippen molar-refractivity contribution in [2.24, 2.45) is 0 Å². The fourth-order valence-electron chi connectivity index (χ4n) is 2.75. The second-order valence-electron chi connectivity index (χ2n) is 6.58. The van der Waals surface area contributed by atoms with Crippen LogP contribution in [-0.2, 0) is 15.9 Å². The molecule has 0 aliphatic carbocycles. The molecule has 0 atom stereocenters. The summed E-state index contributed by atoms with van der Waals surface area (Å²) in [5, 5.41) is 0. The molecule has 0 amide bonds. The van der Waals surface area contributed by atoms with Gasteiger partial charge in [-0.25, -0.2) is 0 Å². The van der Waals surface area contributed by atoms with Crippen molar-refractivity contribution in [1.29, 1.82) is 0 Å². The number of unbranched alkanes of at least 4 members (excludes halogenated alkanes) is 2. The largest absolute Gasteiger partial charge is 0.402 e. The van der Waals surface area contributed by atoms with Crippen LogP contribution in [0.2, 0.25) is 6.04 Å². The summed E-state index contributed by atoms with van der Waals surface area (Å²) >= 11 is 9.89. The van der Waals surface area contributed by atoms with Crippen molar-refractivity contribution >= 4 is 44.9 Å². The third-order valence-electron chi connectivity index (χ3n) is 4.29. The lowest BCUT2D eigenvalue weighted by Gasteiger charge is -2.34. The van der Waals surface area contributed by atoms with E-state index in [-0.39, 0.29) is 4.27 Å². The molecule has 0 radical (unpaired) electrons. The maximum absolute atomic E-state index is 6.64. The van der Waals surface area contributed by atoms with Gasteiger partial charge in [0.05, 0.1) is 0 Å². The number of rotatable bonds is 14. The first-order valence-electron chi connectivity index (χ1n) is 9.83. The molecule has 0 fully saturated rings. The smallest absolute Gasteiger partial charge is 0.165 e. The zero-order valence-electron chi connectivity index (χ0n) is 16.2. The van der Waals surface area contributed by atoms with Crippen LogP contribution in [-0.4, -0.2) is 19.9 Å². The Hall–Kier alpha value is -0.393. The molecule has 0 unspecified atom stereocenters. The maximum Gasteiger partial charge on any atom is 0.165 e. The molecular weight excluding hydrogens is 408 g/mol. The van der Waals surface area contributed by atoms with Crippen molar-refractivity contribution in [3.05, 3.63) is 71.8 Å². The zero-order chi connectivity index (χ0) is 19.2. The Bertz CT molecular complexity index is 557. The van der Waals surface area contributed by atoms with Crippen LogP contribution in [0, 0.1) is 0 Å². The molecule has 2 rings (SSSR count). The van der Waals surface area contributed by atoms with Gasteiger partial charge in [0.1, 0.15) is 0 Å². The molecule has 0 heterocycles. The number of alkyl halides is 1. The Labute approximate surface area is 180 Å². The van der Waals surface area contributed by atoms with Gasteiger partial charge in [0.15, 0.2) is 14.0 Å². The number of hydrogen-bond acceptors (Lipinski definition) is 3. The van der Waals surface area contributed by atoms with Crippen LogP contribution in [0.3, 0.4) is 0 Å². The standard InChI is InChI=1S/C22H31ClOS2Si/c1-2-3-10-15-22(24-27-17-16-23,25-18-20-11-6-4-7-12-20)26-19-21-13-8-5-9-14-21/h4-9,11-14H,2-3,10,15-19,27H2,1H3. The predicted octanol–water partition coefficient (Wildman–Crippen LogP) is 6.84. The van der Waals surface area contributed by atoms with Crippen LogP contribution in [0.5, 0.6) is 0 Å². The molecule has 0 N–H and O–H groups in total. The van der Waals surface area contributed by atoms with E-state index in [0.717, 1.165) is 24.0 Å². The number of thioether (sulfide) groups is 2. The lowest BCUT2D eigenvalue weighted by atomic mass is 10.2. The first-order chi connectivity index (χ1) is 13.3. The first kappa shape index (κ1) is 22.9. The van der Waals surface area contributed by atoms with E-state index < -0.39 is 9.76 Å². The minimum Gasteiger partial charge on any atom is -0.402 e. The monoisotopic (exact) mass is 438 g/mol. The normalized spacial score (nSPS) is 12.1. The van der Waals surface area contributed by atoms with Gasteiger partial charge in [0.25, 0.3) is 0 Å². The van der Waals surface area contributed by atoms with Crippen LogP contribution < -0.4 is 0 Å². The molecule has 0 spiro atoms. The van der Waals surface area contributed by atoms with Crippen molar-refractivity contribution in [3.8, 4) is 0 Å². The summed E-state index contributed by atoms with van der Waals surface area (Å²) in [4.78, 5) is 0. The minimum absolute atomic E-state index is 0.154. The molecule has 0 saturated heterocycles. The van der Waals surface area contributed by atoms with E-state index in [2.05, 4.69) is 67.6 Å². The van der Waals surface area contributed by atoms with E-state index in [1.165, 1.54) is 30.4 Å². The molecule has 0 aliphatic heterocycles. The fraction of sp³-hybridized carbons (Fsp3) is 0.455. The van der Waals surface area contributed by atoms with Crippen LogP contribution in [0.4, 0.5) is 0 Å². The second-order valence-corrected chi connectivity index (χ2v) is 11.1. The van der Waals surface area contributed by atoms with Gasteiger partial charge in [0.2, 0.25) is 0 Å². The van der Waals surface area contributed by atoms with Gasteiger partial charge in [0, 0.05) is 17.4 Å². The lowest BCUT2D eigenvalue weighted by molar-refractivity contribution is 0.253. The van der Waals surface area contributed by atoms with Gasteiger partial charge in [-0.1, -0.05) is 80.4 Å². The quantitative estimate of drug-likeness (QED) is 0.138. The van der Waals surface area contributed by atoms with Crippen LogP contribution in [0.1, 0.15) is 43.7 Å². The van der Waals surface area contributed by atoms with Gasteiger partial charge < -0.3 is 4.43 Å². The summed E-state index contributed by atoms with van der Waals surface area (Å²) in [6.45, 7) is 2.26. The topological polar surface area (TPSA) is 9.23 Å². The van der Waals surface area contributed by atoms with Gasteiger partial charge in [-0.15, -0.1) is 35.1 Å². The molecule has 2 aromatic rings. The van der Waals surface area contributed by atoms with Gasteiger partial charge in [-0.3, -0.25) is 0 Å². The van der Waals surface area contributed by atoms with Crippen LogP contribution >= 0.6 is 35.1 Å². The fourth-order valence-corrected chi connectivity index (χ4v) is 7.38. The highest BCUT2D eigenvalue weighted by Crippen LogP contribution is 2.45. The van der Waals surface area contributed by atoms with E-state index in [0.29, 0.717) is 5.88 Å². The average Bonchev–Trinajstić information content (AvgIpc) is 2.72. The zero-order valence-corrected chi connectivity index (χ0v) is 20.0. The summed E-state index contributed by atoms with van der Waals surface area (Å²) in [5.74, 6) is 2.69. The summed E-state index contributed by atoms with van der Waals surface area (Å²) in [5.41, 5.74) is 2.73. The molecule has 0 aliphatic rings. The van der Waals surface area contributed by atoms with E-state index in [1.54, 1.807) is 0 Å². The van der Waals surface area contributed by atoms with Crippen LogP contribution in [0.25, 0.3) is 0 Å². The van der Waals surface area contributed by atoms with Crippen molar-refractivity contribution in [3.63, 3.8) is 0 Å². The number of halogens is 1. The third-order valence-corrected chi connectivity index (χ3v) is 9.95. The van der Waals surface area contributed by atoms with E-state index >= 15 is 0 Å². The molecule has 148 valence electrons. The molecule has 27 heavy (non-hydrogen) atoms. The molecule has 0 bridgehead atoms. The van der Waals surface area contributed by atoms with Crippen molar-refractivity contribution in [2.45, 2.75) is 54.4 Å². The molecule has 0 aromatic heterocycles. The minimum atomic E-state index is -0.601. The highest BCUT2D eigenvalue weighted by atomic mass is 35.5. The molecule has 0 saturated carbocycles. The van der Waals surface area contributed by atoms with Gasteiger partial charge in [-0.2, -0.15) is 0 Å². The highest BCUT2D eigenvalue weighted by Gasteiger charge is 2.31. The van der Waals surface area contributed by atoms with Crippen molar-refractivity contribution < 1.29 is 4.43 Å². The Balaban J connectivity index is 2.08. The summed E-state index contributed by atoms with van der Waals surface area (Å²) < 4.78 is 6.49. The molecular formula is C22H31ClOS2Si. The van der Waals surface area contributed by atoms with Crippen molar-refractivity contribution in [2.75, 3.05) is 5.88 Å². The third kappa shape index (κ3) is 9.10. The predicted molar refractivity (Wildman–Crippen MR) is 128 cm³/mol. The van der Waals surface area contributed by atoms with Crippen molar-refractivity contribution in [1.82, 2.24) is 0 Å². The highest BCUT2D eigenvalue weighted by molar-refractivity contribution is 8.17.